The lowest BCUT2D eigenvalue weighted by molar-refractivity contribution is -0.137. The number of nitrogens with zero attached hydrogens (tertiary/aromatic N) is 4. The van der Waals surface area contributed by atoms with Crippen LogP contribution in [-0.4, -0.2) is 73.5 Å². The van der Waals surface area contributed by atoms with Gasteiger partial charge in [0.25, 0.3) is 0 Å². The molecule has 6 rings (SSSR count). The topological polar surface area (TPSA) is 127 Å². The van der Waals surface area contributed by atoms with E-state index in [1.165, 1.54) is 4.90 Å². The standard InChI is InChI=1S/C26H21F5N6O4S/c1-2-16(39)35-3-5-36(6-4-35)23-12-7-13(26(29,30)31)17(18-14(27)8-15(28)19-20(18)33-24(40)32-19)22-21(12)37(25(41)34-23)9-11(38)10-42-22/h2,7-8,11,38H,1,3-6,9-10H2,(H2,32,33,40). The van der Waals surface area contributed by atoms with Gasteiger partial charge in [0.05, 0.1) is 29.2 Å². The van der Waals surface area contributed by atoms with Crippen molar-refractivity contribution in [2.75, 3.05) is 36.8 Å². The summed E-state index contributed by atoms with van der Waals surface area (Å²) in [5.41, 5.74) is -5.60. The minimum atomic E-state index is -5.08. The number of aromatic amines is 2. The Morgan fingerprint density at radius 2 is 1.76 bits per heavy atom. The predicted octanol–water partition coefficient (Wildman–Crippen LogP) is 2.83. The summed E-state index contributed by atoms with van der Waals surface area (Å²) in [7, 11) is 0. The Labute approximate surface area is 236 Å². The van der Waals surface area contributed by atoms with E-state index >= 15 is 4.39 Å². The number of piperazine rings is 1. The van der Waals surface area contributed by atoms with E-state index in [-0.39, 0.29) is 66.0 Å². The maximum atomic E-state index is 15.5. The van der Waals surface area contributed by atoms with Crippen LogP contribution in [0.15, 0.2) is 39.3 Å². The maximum absolute atomic E-state index is 15.5. The van der Waals surface area contributed by atoms with Crippen LogP contribution in [-0.2, 0) is 17.5 Å². The van der Waals surface area contributed by atoms with Gasteiger partial charge in [-0.1, -0.05) is 6.58 Å². The number of benzene rings is 2. The number of hydrogen-bond acceptors (Lipinski definition) is 7. The predicted molar refractivity (Wildman–Crippen MR) is 145 cm³/mol. The monoisotopic (exact) mass is 608 g/mol. The summed E-state index contributed by atoms with van der Waals surface area (Å²) in [6, 6.07) is 1.13. The number of halogens is 5. The number of alkyl halides is 3. The van der Waals surface area contributed by atoms with E-state index in [9.17, 15) is 37.1 Å². The van der Waals surface area contributed by atoms with Crippen molar-refractivity contribution in [2.24, 2.45) is 0 Å². The third-order valence-electron chi connectivity index (χ3n) is 7.34. The quantitative estimate of drug-likeness (QED) is 0.241. The molecule has 1 amide bonds. The van der Waals surface area contributed by atoms with Crippen molar-refractivity contribution in [3.63, 3.8) is 0 Å². The summed E-state index contributed by atoms with van der Waals surface area (Å²) in [5.74, 6) is -3.09. The molecule has 0 aliphatic carbocycles. The zero-order valence-electron chi connectivity index (χ0n) is 21.5. The Hall–Kier alpha value is -4.18. The van der Waals surface area contributed by atoms with E-state index < -0.39 is 63.0 Å². The van der Waals surface area contributed by atoms with Crippen molar-refractivity contribution in [3.05, 3.63) is 63.0 Å². The third-order valence-corrected chi connectivity index (χ3v) is 8.58. The number of aliphatic hydroxyl groups excluding tert-OH is 1. The average molecular weight is 609 g/mol. The Bertz CT molecular complexity index is 1910. The van der Waals surface area contributed by atoms with Crippen LogP contribution in [0.25, 0.3) is 33.1 Å². The average Bonchev–Trinajstić information content (AvgIpc) is 3.24. The van der Waals surface area contributed by atoms with E-state index in [1.54, 1.807) is 4.90 Å². The van der Waals surface area contributed by atoms with Gasteiger partial charge in [-0.2, -0.15) is 18.2 Å². The van der Waals surface area contributed by atoms with Crippen LogP contribution in [0.1, 0.15) is 5.56 Å². The second-order valence-electron chi connectivity index (χ2n) is 9.88. The van der Waals surface area contributed by atoms with E-state index in [0.717, 1.165) is 28.5 Å². The lowest BCUT2D eigenvalue weighted by atomic mass is 9.94. The third kappa shape index (κ3) is 4.45. The first-order valence-corrected chi connectivity index (χ1v) is 13.6. The van der Waals surface area contributed by atoms with Crippen LogP contribution in [0.3, 0.4) is 0 Å². The minimum Gasteiger partial charge on any atom is -0.390 e. The highest BCUT2D eigenvalue weighted by molar-refractivity contribution is 7.99. The molecule has 42 heavy (non-hydrogen) atoms. The molecule has 4 heterocycles. The number of anilines is 1. The van der Waals surface area contributed by atoms with E-state index in [1.807, 2.05) is 0 Å². The van der Waals surface area contributed by atoms with Gasteiger partial charge in [0.1, 0.15) is 17.2 Å². The zero-order chi connectivity index (χ0) is 30.1. The molecule has 16 heteroatoms. The molecular formula is C26H21F5N6O4S. The largest absolute Gasteiger partial charge is 0.417 e. The minimum absolute atomic E-state index is 0.0195. The number of rotatable bonds is 3. The van der Waals surface area contributed by atoms with Crippen LogP contribution in [0, 0.1) is 11.6 Å². The van der Waals surface area contributed by atoms with E-state index in [4.69, 9.17) is 0 Å². The molecule has 2 aromatic heterocycles. The number of nitrogens with one attached hydrogen (secondary N) is 2. The highest BCUT2D eigenvalue weighted by atomic mass is 32.2. The van der Waals surface area contributed by atoms with Gasteiger partial charge in [0, 0.05) is 59.4 Å². The summed E-state index contributed by atoms with van der Waals surface area (Å²) >= 11 is 0.779. The Kier molecular flexibility index (Phi) is 6.64. The number of fused-ring (bicyclic) bond motifs is 1. The molecule has 0 bridgehead atoms. The van der Waals surface area contributed by atoms with Gasteiger partial charge in [-0.3, -0.25) is 9.36 Å². The maximum Gasteiger partial charge on any atom is 0.417 e. The molecule has 2 aliphatic rings. The van der Waals surface area contributed by atoms with Gasteiger partial charge in [0.2, 0.25) is 5.91 Å². The summed E-state index contributed by atoms with van der Waals surface area (Å²) in [5, 5.41) is 10.5. The highest BCUT2D eigenvalue weighted by Crippen LogP contribution is 2.50. The molecule has 220 valence electrons. The number of imidazole rings is 1. The van der Waals surface area contributed by atoms with Crippen molar-refractivity contribution in [2.45, 2.75) is 23.7 Å². The fourth-order valence-corrected chi connectivity index (χ4v) is 6.67. The summed E-state index contributed by atoms with van der Waals surface area (Å²) in [6.07, 6.45) is -5.10. The number of hydrogen-bond donors (Lipinski definition) is 3. The van der Waals surface area contributed by atoms with Gasteiger partial charge in [-0.05, 0) is 12.1 Å². The molecule has 0 saturated carbocycles. The summed E-state index contributed by atoms with van der Waals surface area (Å²) in [6.45, 7) is 3.85. The molecule has 0 radical (unpaired) electrons. The van der Waals surface area contributed by atoms with Crippen molar-refractivity contribution in [1.29, 1.82) is 0 Å². The normalized spacial score (nSPS) is 17.6. The van der Waals surface area contributed by atoms with E-state index in [2.05, 4.69) is 21.5 Å². The molecule has 10 nitrogen and oxygen atoms in total. The second kappa shape index (κ2) is 9.97. The Morgan fingerprint density at radius 3 is 2.43 bits per heavy atom. The number of aliphatic hydroxyl groups is 1. The van der Waals surface area contributed by atoms with Gasteiger partial charge >= 0.3 is 17.6 Å². The van der Waals surface area contributed by atoms with E-state index in [0.29, 0.717) is 6.07 Å². The Balaban J connectivity index is 1.70. The molecule has 3 N–H and O–H groups in total. The van der Waals surface area contributed by atoms with Crippen LogP contribution in [0.2, 0.25) is 0 Å². The van der Waals surface area contributed by atoms with Gasteiger partial charge in [-0.25, -0.2) is 18.4 Å². The molecule has 2 aliphatic heterocycles. The molecular weight excluding hydrogens is 587 g/mol. The first kappa shape index (κ1) is 28.0. The number of carbonyl (C=O) groups excluding carboxylic acids is 1. The number of aromatic nitrogens is 4. The summed E-state index contributed by atoms with van der Waals surface area (Å²) < 4.78 is 75.6. The van der Waals surface area contributed by atoms with Gasteiger partial charge < -0.3 is 24.9 Å². The van der Waals surface area contributed by atoms with Crippen molar-refractivity contribution < 1.29 is 31.9 Å². The molecule has 0 spiro atoms. The SMILES string of the molecule is C=CC(=O)N1CCN(c2nc(=O)n3c4c(c(-c5c(F)cc(F)c6[nH]c(=O)[nH]c56)c(C(F)(F)F)cc24)SCC(O)C3)CC1. The lowest BCUT2D eigenvalue weighted by Gasteiger charge is -2.35. The molecule has 1 atom stereocenters. The number of carbonyl (C=O) groups is 1. The van der Waals surface area contributed by atoms with Gasteiger partial charge in [-0.15, -0.1) is 11.8 Å². The Morgan fingerprint density at radius 1 is 1.07 bits per heavy atom. The fourth-order valence-electron chi connectivity index (χ4n) is 5.50. The molecule has 2 aromatic carbocycles. The molecule has 1 saturated heterocycles. The fraction of sp³-hybridized carbons (Fsp3) is 0.308. The zero-order valence-corrected chi connectivity index (χ0v) is 22.3. The highest BCUT2D eigenvalue weighted by Gasteiger charge is 2.40. The van der Waals surface area contributed by atoms with Crippen molar-refractivity contribution >= 4 is 45.4 Å². The number of H-pyrrole nitrogens is 2. The molecule has 1 unspecified atom stereocenters. The van der Waals surface area contributed by atoms with Crippen LogP contribution < -0.4 is 16.3 Å². The second-order valence-corrected chi connectivity index (χ2v) is 10.9. The number of thioether (sulfide) groups is 1. The first-order chi connectivity index (χ1) is 19.9. The number of amides is 1. The first-order valence-electron chi connectivity index (χ1n) is 12.6. The molecule has 4 aromatic rings. The molecule has 1 fully saturated rings. The lowest BCUT2D eigenvalue weighted by Crippen LogP contribution is -2.49. The summed E-state index contributed by atoms with van der Waals surface area (Å²) in [4.78, 5) is 48.7. The van der Waals surface area contributed by atoms with Crippen LogP contribution in [0.4, 0.5) is 27.8 Å². The van der Waals surface area contributed by atoms with Crippen LogP contribution >= 0.6 is 11.8 Å². The smallest absolute Gasteiger partial charge is 0.390 e. The van der Waals surface area contributed by atoms with Crippen LogP contribution in [0.5, 0.6) is 0 Å². The van der Waals surface area contributed by atoms with Gasteiger partial charge in [0.15, 0.2) is 5.82 Å². The van der Waals surface area contributed by atoms with Crippen molar-refractivity contribution in [1.82, 2.24) is 24.4 Å². The van der Waals surface area contributed by atoms with Crippen molar-refractivity contribution in [3.8, 4) is 11.1 Å².